The standard InChI is InChI=1S/C22H24N2O2/c1-16-6-5-7-18(14-16)15-23-10-12-24(13-11-23)22(25)21-17(2)19-8-3-4-9-20(19)26-21/h3-9,14H,10-13,15H2,1-2H3/p+1. The van der Waals surface area contributed by atoms with Crippen LogP contribution in [0, 0.1) is 13.8 Å². The molecule has 0 radical (unpaired) electrons. The minimum Gasteiger partial charge on any atom is -0.451 e. The fourth-order valence-electron chi connectivity index (χ4n) is 3.84. The summed E-state index contributed by atoms with van der Waals surface area (Å²) in [4.78, 5) is 16.4. The highest BCUT2D eigenvalue weighted by atomic mass is 16.3. The number of carbonyl (C=O) groups is 1. The van der Waals surface area contributed by atoms with Gasteiger partial charge in [-0.2, -0.15) is 0 Å². The molecule has 4 heteroatoms. The number of piperazine rings is 1. The van der Waals surface area contributed by atoms with Gasteiger partial charge in [-0.25, -0.2) is 0 Å². The van der Waals surface area contributed by atoms with Crippen LogP contribution in [0.2, 0.25) is 0 Å². The molecule has 0 aliphatic carbocycles. The van der Waals surface area contributed by atoms with E-state index in [2.05, 4.69) is 31.2 Å². The van der Waals surface area contributed by atoms with Crippen LogP contribution in [-0.2, 0) is 6.54 Å². The van der Waals surface area contributed by atoms with Crippen molar-refractivity contribution in [1.82, 2.24) is 4.90 Å². The molecule has 2 heterocycles. The molecular weight excluding hydrogens is 324 g/mol. The van der Waals surface area contributed by atoms with Crippen molar-refractivity contribution in [3.8, 4) is 0 Å². The monoisotopic (exact) mass is 349 g/mol. The Morgan fingerprint density at radius 2 is 1.85 bits per heavy atom. The number of hydrogen-bond acceptors (Lipinski definition) is 2. The van der Waals surface area contributed by atoms with Gasteiger partial charge < -0.3 is 14.2 Å². The second-order valence-corrected chi connectivity index (χ2v) is 7.26. The van der Waals surface area contributed by atoms with Crippen LogP contribution in [-0.4, -0.2) is 37.0 Å². The molecule has 26 heavy (non-hydrogen) atoms. The summed E-state index contributed by atoms with van der Waals surface area (Å²) < 4.78 is 5.85. The molecule has 1 aromatic heterocycles. The summed E-state index contributed by atoms with van der Waals surface area (Å²) >= 11 is 0. The van der Waals surface area contributed by atoms with Gasteiger partial charge in [0.15, 0.2) is 5.76 Å². The highest BCUT2D eigenvalue weighted by molar-refractivity contribution is 5.98. The summed E-state index contributed by atoms with van der Waals surface area (Å²) in [5.74, 6) is 0.515. The minimum absolute atomic E-state index is 0.0216. The number of benzene rings is 2. The van der Waals surface area contributed by atoms with Gasteiger partial charge in [0, 0.05) is 16.5 Å². The van der Waals surface area contributed by atoms with Crippen LogP contribution in [0.5, 0.6) is 0 Å². The molecule has 134 valence electrons. The summed E-state index contributed by atoms with van der Waals surface area (Å²) in [6.07, 6.45) is 0. The zero-order chi connectivity index (χ0) is 18.1. The molecule has 1 aliphatic rings. The molecule has 0 bridgehead atoms. The number of carbonyl (C=O) groups excluding carboxylic acids is 1. The van der Waals surface area contributed by atoms with Crippen molar-refractivity contribution in [1.29, 1.82) is 0 Å². The van der Waals surface area contributed by atoms with E-state index < -0.39 is 0 Å². The lowest BCUT2D eigenvalue weighted by molar-refractivity contribution is -0.917. The highest BCUT2D eigenvalue weighted by Gasteiger charge is 2.28. The van der Waals surface area contributed by atoms with E-state index in [1.165, 1.54) is 16.0 Å². The Bertz CT molecular complexity index is 936. The van der Waals surface area contributed by atoms with Crippen LogP contribution in [0.4, 0.5) is 0 Å². The number of para-hydroxylation sites is 1. The fourth-order valence-corrected chi connectivity index (χ4v) is 3.84. The van der Waals surface area contributed by atoms with E-state index in [9.17, 15) is 4.79 Å². The molecule has 0 atom stereocenters. The molecule has 1 saturated heterocycles. The Morgan fingerprint density at radius 1 is 1.08 bits per heavy atom. The van der Waals surface area contributed by atoms with Crippen molar-refractivity contribution in [2.24, 2.45) is 0 Å². The van der Waals surface area contributed by atoms with Gasteiger partial charge in [0.1, 0.15) is 12.1 Å². The van der Waals surface area contributed by atoms with Gasteiger partial charge in [0.25, 0.3) is 5.91 Å². The first-order valence-corrected chi connectivity index (χ1v) is 9.28. The van der Waals surface area contributed by atoms with Gasteiger partial charge in [0.05, 0.1) is 26.2 Å². The van der Waals surface area contributed by atoms with E-state index in [0.717, 1.165) is 49.3 Å². The van der Waals surface area contributed by atoms with Crippen LogP contribution in [0.3, 0.4) is 0 Å². The maximum Gasteiger partial charge on any atom is 0.290 e. The zero-order valence-electron chi connectivity index (χ0n) is 15.4. The Hall–Kier alpha value is -2.59. The van der Waals surface area contributed by atoms with Crippen LogP contribution in [0.1, 0.15) is 27.2 Å². The van der Waals surface area contributed by atoms with Crippen LogP contribution in [0.25, 0.3) is 11.0 Å². The first-order valence-electron chi connectivity index (χ1n) is 9.28. The number of nitrogens with one attached hydrogen (secondary N) is 1. The van der Waals surface area contributed by atoms with Crippen molar-refractivity contribution in [3.63, 3.8) is 0 Å². The molecule has 3 aromatic rings. The number of amides is 1. The lowest BCUT2D eigenvalue weighted by atomic mass is 10.1. The summed E-state index contributed by atoms with van der Waals surface area (Å²) in [7, 11) is 0. The summed E-state index contributed by atoms with van der Waals surface area (Å²) in [5.41, 5.74) is 4.40. The Morgan fingerprint density at radius 3 is 2.58 bits per heavy atom. The van der Waals surface area contributed by atoms with Gasteiger partial charge >= 0.3 is 0 Å². The molecule has 1 amide bonds. The van der Waals surface area contributed by atoms with E-state index in [1.807, 2.05) is 36.1 Å². The van der Waals surface area contributed by atoms with Crippen LogP contribution >= 0.6 is 0 Å². The number of fused-ring (bicyclic) bond motifs is 1. The van der Waals surface area contributed by atoms with Crippen molar-refractivity contribution >= 4 is 16.9 Å². The number of rotatable bonds is 3. The average Bonchev–Trinajstić information content (AvgIpc) is 2.99. The van der Waals surface area contributed by atoms with E-state index in [4.69, 9.17) is 4.42 Å². The van der Waals surface area contributed by atoms with Gasteiger partial charge in [-0.05, 0) is 19.9 Å². The number of hydrogen-bond donors (Lipinski definition) is 1. The van der Waals surface area contributed by atoms with Crippen molar-refractivity contribution in [2.45, 2.75) is 20.4 Å². The second kappa shape index (κ2) is 6.96. The molecule has 4 rings (SSSR count). The number of aryl methyl sites for hydroxylation is 2. The molecule has 0 unspecified atom stereocenters. The van der Waals surface area contributed by atoms with Gasteiger partial charge in [-0.15, -0.1) is 0 Å². The van der Waals surface area contributed by atoms with Gasteiger partial charge in [0.2, 0.25) is 0 Å². The molecule has 1 aliphatic heterocycles. The maximum atomic E-state index is 12.9. The van der Waals surface area contributed by atoms with E-state index in [0.29, 0.717) is 5.76 Å². The summed E-state index contributed by atoms with van der Waals surface area (Å²) in [6.45, 7) is 8.61. The molecule has 0 spiro atoms. The highest BCUT2D eigenvalue weighted by Crippen LogP contribution is 2.25. The Balaban J connectivity index is 1.42. The third kappa shape index (κ3) is 3.25. The quantitative estimate of drug-likeness (QED) is 0.789. The van der Waals surface area contributed by atoms with Crippen LogP contribution < -0.4 is 4.90 Å². The molecular formula is C22H25N2O2+. The molecule has 1 fully saturated rings. The topological polar surface area (TPSA) is 37.9 Å². The summed E-state index contributed by atoms with van der Waals surface area (Å²) in [5, 5.41) is 1.03. The first-order chi connectivity index (χ1) is 12.6. The molecule has 2 aromatic carbocycles. The largest absolute Gasteiger partial charge is 0.451 e. The lowest BCUT2D eigenvalue weighted by Crippen LogP contribution is -3.13. The third-order valence-corrected chi connectivity index (χ3v) is 5.33. The SMILES string of the molecule is Cc1cccc(C[NH+]2CCN(C(=O)c3oc4ccccc4c3C)CC2)c1. The molecule has 0 saturated carbocycles. The third-order valence-electron chi connectivity index (χ3n) is 5.33. The number of nitrogens with zero attached hydrogens (tertiary/aromatic N) is 1. The first kappa shape index (κ1) is 16.9. The minimum atomic E-state index is 0.0216. The smallest absolute Gasteiger partial charge is 0.290 e. The van der Waals surface area contributed by atoms with Crippen molar-refractivity contribution in [2.75, 3.05) is 26.2 Å². The van der Waals surface area contributed by atoms with Crippen molar-refractivity contribution < 1.29 is 14.1 Å². The lowest BCUT2D eigenvalue weighted by Gasteiger charge is -2.32. The van der Waals surface area contributed by atoms with Crippen LogP contribution in [0.15, 0.2) is 52.9 Å². The fraction of sp³-hybridized carbons (Fsp3) is 0.318. The number of quaternary nitrogens is 1. The van der Waals surface area contributed by atoms with Gasteiger partial charge in [-0.1, -0.05) is 48.0 Å². The zero-order valence-corrected chi connectivity index (χ0v) is 15.4. The van der Waals surface area contributed by atoms with Gasteiger partial charge in [-0.3, -0.25) is 4.79 Å². The average molecular weight is 349 g/mol. The normalized spacial score (nSPS) is 15.5. The summed E-state index contributed by atoms with van der Waals surface area (Å²) in [6, 6.07) is 16.5. The van der Waals surface area contributed by atoms with Crippen molar-refractivity contribution in [3.05, 3.63) is 71.0 Å². The maximum absolute atomic E-state index is 12.9. The second-order valence-electron chi connectivity index (χ2n) is 7.26. The van der Waals surface area contributed by atoms with E-state index >= 15 is 0 Å². The van der Waals surface area contributed by atoms with E-state index in [1.54, 1.807) is 0 Å². The number of furan rings is 1. The predicted molar refractivity (Wildman–Crippen MR) is 102 cm³/mol. The molecule has 4 nitrogen and oxygen atoms in total. The Labute approximate surface area is 154 Å². The van der Waals surface area contributed by atoms with E-state index in [-0.39, 0.29) is 5.91 Å². The Kier molecular flexibility index (Phi) is 4.51. The predicted octanol–water partition coefficient (Wildman–Crippen LogP) is 2.59. The molecule has 1 N–H and O–H groups in total.